The largest absolute Gasteiger partial charge is 0.486 e. The lowest BCUT2D eigenvalue weighted by molar-refractivity contribution is 0.156. The number of nitrogens with zero attached hydrogens (tertiary/aromatic N) is 2. The van der Waals surface area contributed by atoms with Crippen LogP contribution in [0.4, 0.5) is 0 Å². The fourth-order valence-electron chi connectivity index (χ4n) is 2.56. The number of fused-ring (bicyclic) bond motifs is 1. The molecule has 1 N–H and O–H groups in total. The van der Waals surface area contributed by atoms with E-state index >= 15 is 0 Å². The molecule has 0 aliphatic heterocycles. The van der Waals surface area contributed by atoms with Crippen LogP contribution in [0.2, 0.25) is 5.15 Å². The second-order valence-electron chi connectivity index (χ2n) is 5.11. The van der Waals surface area contributed by atoms with Gasteiger partial charge in [-0.1, -0.05) is 17.7 Å². The van der Waals surface area contributed by atoms with Crippen LogP contribution in [-0.4, -0.2) is 14.7 Å². The number of aryl methyl sites for hydroxylation is 1. The first kappa shape index (κ1) is 13.5. The molecule has 0 saturated carbocycles. The second-order valence-corrected chi connectivity index (χ2v) is 5.50. The van der Waals surface area contributed by atoms with E-state index in [9.17, 15) is 5.11 Å². The summed E-state index contributed by atoms with van der Waals surface area (Å²) in [4.78, 5) is 4.20. The average molecular weight is 293 g/mol. The summed E-state index contributed by atoms with van der Waals surface area (Å²) in [7, 11) is 1.86. The highest BCUT2D eigenvalue weighted by Crippen LogP contribution is 2.32. The molecule has 20 heavy (non-hydrogen) atoms. The number of aliphatic hydroxyl groups excluding tert-OH is 1. The van der Waals surface area contributed by atoms with Gasteiger partial charge in [-0.3, -0.25) is 0 Å². The fraction of sp³-hybridized carbons (Fsp3) is 0.400. The molecule has 1 atom stereocenters. The first-order chi connectivity index (χ1) is 9.65. The Bertz CT molecular complexity index is 624. The SMILES string of the molecule is Cn1c(Cl)cnc1COc1ccc2c(c1)CCCC2O. The number of aromatic nitrogens is 2. The van der Waals surface area contributed by atoms with Crippen molar-refractivity contribution in [1.82, 2.24) is 9.55 Å². The maximum atomic E-state index is 9.93. The molecule has 0 fully saturated rings. The number of ether oxygens (including phenoxy) is 1. The monoisotopic (exact) mass is 292 g/mol. The van der Waals surface area contributed by atoms with Crippen molar-refractivity contribution in [3.05, 3.63) is 46.5 Å². The third-order valence-corrected chi connectivity index (χ3v) is 4.14. The summed E-state index contributed by atoms with van der Waals surface area (Å²) >= 11 is 5.94. The zero-order chi connectivity index (χ0) is 14.1. The molecule has 0 saturated heterocycles. The quantitative estimate of drug-likeness (QED) is 0.946. The molecule has 5 heteroatoms. The lowest BCUT2D eigenvalue weighted by Crippen LogP contribution is -2.09. The van der Waals surface area contributed by atoms with E-state index in [0.717, 1.165) is 36.4 Å². The second kappa shape index (κ2) is 5.46. The highest BCUT2D eigenvalue weighted by atomic mass is 35.5. The molecule has 3 rings (SSSR count). The summed E-state index contributed by atoms with van der Waals surface area (Å²) in [5, 5.41) is 10.5. The predicted molar refractivity (Wildman–Crippen MR) is 76.9 cm³/mol. The fourth-order valence-corrected chi connectivity index (χ4v) is 2.71. The number of hydrogen-bond donors (Lipinski definition) is 1. The Labute approximate surface area is 123 Å². The highest BCUT2D eigenvalue weighted by Gasteiger charge is 2.18. The average Bonchev–Trinajstić information content (AvgIpc) is 2.77. The molecule has 0 spiro atoms. The van der Waals surface area contributed by atoms with Crippen LogP contribution in [0.1, 0.15) is 35.9 Å². The molecule has 0 radical (unpaired) electrons. The summed E-state index contributed by atoms with van der Waals surface area (Å²) in [5.41, 5.74) is 2.21. The summed E-state index contributed by atoms with van der Waals surface area (Å²) in [6, 6.07) is 5.88. The summed E-state index contributed by atoms with van der Waals surface area (Å²) < 4.78 is 7.56. The van der Waals surface area contributed by atoms with Crippen LogP contribution in [0.5, 0.6) is 5.75 Å². The Balaban J connectivity index is 1.74. The minimum Gasteiger partial charge on any atom is -0.486 e. The van der Waals surface area contributed by atoms with E-state index in [1.807, 2.05) is 25.2 Å². The van der Waals surface area contributed by atoms with Crippen LogP contribution < -0.4 is 4.74 Å². The maximum absolute atomic E-state index is 9.93. The van der Waals surface area contributed by atoms with Gasteiger partial charge < -0.3 is 14.4 Å². The molecule has 1 unspecified atom stereocenters. The Kier molecular flexibility index (Phi) is 3.68. The van der Waals surface area contributed by atoms with Crippen molar-refractivity contribution in [2.75, 3.05) is 0 Å². The van der Waals surface area contributed by atoms with Crippen molar-refractivity contribution < 1.29 is 9.84 Å². The molecule has 1 heterocycles. The molecule has 1 aromatic carbocycles. The van der Waals surface area contributed by atoms with E-state index in [1.165, 1.54) is 5.56 Å². The van der Waals surface area contributed by atoms with Gasteiger partial charge in [0.2, 0.25) is 0 Å². The first-order valence-corrected chi connectivity index (χ1v) is 7.12. The number of imidazole rings is 1. The van der Waals surface area contributed by atoms with Gasteiger partial charge in [-0.15, -0.1) is 0 Å². The van der Waals surface area contributed by atoms with E-state index in [2.05, 4.69) is 4.98 Å². The first-order valence-electron chi connectivity index (χ1n) is 6.75. The zero-order valence-electron chi connectivity index (χ0n) is 11.3. The molecule has 0 amide bonds. The van der Waals surface area contributed by atoms with E-state index in [1.54, 1.807) is 10.8 Å². The Hall–Kier alpha value is -1.52. The number of halogens is 1. The van der Waals surface area contributed by atoms with E-state index in [4.69, 9.17) is 16.3 Å². The van der Waals surface area contributed by atoms with E-state index in [0.29, 0.717) is 11.8 Å². The summed E-state index contributed by atoms with van der Waals surface area (Å²) in [6.07, 6.45) is 4.15. The van der Waals surface area contributed by atoms with Crippen molar-refractivity contribution in [2.45, 2.75) is 32.0 Å². The van der Waals surface area contributed by atoms with Crippen molar-refractivity contribution in [2.24, 2.45) is 7.05 Å². The molecular formula is C15H17ClN2O2. The van der Waals surface area contributed by atoms with Gasteiger partial charge in [0.1, 0.15) is 23.3 Å². The van der Waals surface area contributed by atoms with Gasteiger partial charge in [0, 0.05) is 7.05 Å². The topological polar surface area (TPSA) is 47.3 Å². The van der Waals surface area contributed by atoms with Crippen LogP contribution in [-0.2, 0) is 20.1 Å². The van der Waals surface area contributed by atoms with Crippen molar-refractivity contribution in [1.29, 1.82) is 0 Å². The van der Waals surface area contributed by atoms with Crippen LogP contribution >= 0.6 is 11.6 Å². The lowest BCUT2D eigenvalue weighted by atomic mass is 9.89. The van der Waals surface area contributed by atoms with Gasteiger partial charge in [-0.05, 0) is 42.5 Å². The van der Waals surface area contributed by atoms with Gasteiger partial charge in [0.05, 0.1) is 12.3 Å². The van der Waals surface area contributed by atoms with Crippen LogP contribution in [0.15, 0.2) is 24.4 Å². The van der Waals surface area contributed by atoms with Crippen molar-refractivity contribution >= 4 is 11.6 Å². The minimum atomic E-state index is -0.332. The van der Waals surface area contributed by atoms with Gasteiger partial charge >= 0.3 is 0 Å². The Morgan fingerprint density at radius 2 is 2.35 bits per heavy atom. The van der Waals surface area contributed by atoms with Gasteiger partial charge in [0.15, 0.2) is 0 Å². The van der Waals surface area contributed by atoms with Gasteiger partial charge in [0.25, 0.3) is 0 Å². The van der Waals surface area contributed by atoms with E-state index in [-0.39, 0.29) is 6.10 Å². The molecule has 0 bridgehead atoms. The van der Waals surface area contributed by atoms with Gasteiger partial charge in [-0.25, -0.2) is 4.98 Å². The number of benzene rings is 1. The lowest BCUT2D eigenvalue weighted by Gasteiger charge is -2.21. The van der Waals surface area contributed by atoms with Crippen molar-refractivity contribution in [3.8, 4) is 5.75 Å². The van der Waals surface area contributed by atoms with E-state index < -0.39 is 0 Å². The summed E-state index contributed by atoms with van der Waals surface area (Å²) in [6.45, 7) is 0.380. The molecule has 2 aromatic rings. The number of rotatable bonds is 3. The molecular weight excluding hydrogens is 276 g/mol. The third kappa shape index (κ3) is 2.53. The smallest absolute Gasteiger partial charge is 0.147 e. The highest BCUT2D eigenvalue weighted by molar-refractivity contribution is 6.29. The normalized spacial score (nSPS) is 17.9. The Morgan fingerprint density at radius 1 is 1.50 bits per heavy atom. The van der Waals surface area contributed by atoms with Crippen molar-refractivity contribution in [3.63, 3.8) is 0 Å². The van der Waals surface area contributed by atoms with Gasteiger partial charge in [-0.2, -0.15) is 0 Å². The minimum absolute atomic E-state index is 0.332. The molecule has 1 aliphatic rings. The maximum Gasteiger partial charge on any atom is 0.147 e. The standard InChI is InChI=1S/C15H17ClN2O2/c1-18-14(16)8-17-15(18)9-20-11-5-6-12-10(7-11)3-2-4-13(12)19/h5-8,13,19H,2-4,9H2,1H3. The molecule has 106 valence electrons. The van der Waals surface area contributed by atoms with Crippen LogP contribution in [0, 0.1) is 0 Å². The Morgan fingerprint density at radius 3 is 3.10 bits per heavy atom. The number of aliphatic hydroxyl groups is 1. The molecule has 1 aliphatic carbocycles. The molecule has 1 aromatic heterocycles. The van der Waals surface area contributed by atoms with Crippen LogP contribution in [0.25, 0.3) is 0 Å². The third-order valence-electron chi connectivity index (χ3n) is 3.79. The molecule has 4 nitrogen and oxygen atoms in total. The zero-order valence-corrected chi connectivity index (χ0v) is 12.1. The predicted octanol–water partition coefficient (Wildman–Crippen LogP) is 3.02. The van der Waals surface area contributed by atoms with Crippen LogP contribution in [0.3, 0.4) is 0 Å². The number of hydrogen-bond acceptors (Lipinski definition) is 3. The summed E-state index contributed by atoms with van der Waals surface area (Å²) in [5.74, 6) is 1.59.